The van der Waals surface area contributed by atoms with Gasteiger partial charge in [-0.15, -0.1) is 0 Å². The van der Waals surface area contributed by atoms with Crippen molar-refractivity contribution in [3.8, 4) is 5.75 Å². The highest BCUT2D eigenvalue weighted by Gasteiger charge is 2.54. The van der Waals surface area contributed by atoms with E-state index in [4.69, 9.17) is 37.9 Å². The van der Waals surface area contributed by atoms with Crippen molar-refractivity contribution in [2.45, 2.75) is 97.8 Å². The molecule has 4 aliphatic heterocycles. The zero-order chi connectivity index (χ0) is 36.0. The van der Waals surface area contributed by atoms with E-state index in [-0.39, 0.29) is 18.6 Å². The molecule has 1 aliphatic carbocycles. The molecule has 0 amide bonds. The minimum Gasteiger partial charge on any atom is -0.497 e. The van der Waals surface area contributed by atoms with Gasteiger partial charge in [-0.3, -0.25) is 4.79 Å². The van der Waals surface area contributed by atoms with Crippen molar-refractivity contribution < 1.29 is 88.6 Å². The van der Waals surface area contributed by atoms with E-state index in [9.17, 15) is 50.8 Å². The van der Waals surface area contributed by atoms with Crippen LogP contribution in [0.5, 0.6) is 5.75 Å². The van der Waals surface area contributed by atoms with Gasteiger partial charge < -0.3 is 83.9 Å². The first-order chi connectivity index (χ1) is 23.8. The maximum atomic E-state index is 13.4. The molecule has 1 aromatic rings. The molecule has 0 spiro atoms. The van der Waals surface area contributed by atoms with E-state index in [1.165, 1.54) is 13.4 Å². The zero-order valence-electron chi connectivity index (χ0n) is 27.0. The lowest BCUT2D eigenvalue weighted by Gasteiger charge is -2.44. The molecule has 6 rings (SSSR count). The summed E-state index contributed by atoms with van der Waals surface area (Å²) in [5, 5.41) is 94.0. The van der Waals surface area contributed by atoms with Crippen LogP contribution in [0.3, 0.4) is 0 Å². The van der Waals surface area contributed by atoms with Gasteiger partial charge in [0.05, 0.1) is 70.1 Å². The predicted molar refractivity (Wildman–Crippen MR) is 162 cm³/mol. The van der Waals surface area contributed by atoms with Crippen LogP contribution in [0.25, 0.3) is 5.57 Å². The Morgan fingerprint density at radius 1 is 0.840 bits per heavy atom. The van der Waals surface area contributed by atoms with E-state index >= 15 is 0 Å². The molecule has 0 aromatic heterocycles. The molecule has 0 bridgehead atoms. The van der Waals surface area contributed by atoms with Crippen molar-refractivity contribution >= 4 is 11.4 Å². The molecule has 280 valence electrons. The molecular formula is C32H44O18. The lowest BCUT2D eigenvalue weighted by atomic mass is 9.76. The zero-order valence-corrected chi connectivity index (χ0v) is 27.0. The summed E-state index contributed by atoms with van der Waals surface area (Å²) in [5.74, 6) is -0.553. The summed E-state index contributed by atoms with van der Waals surface area (Å²) in [6, 6.07) is 6.83. The smallest absolute Gasteiger partial charge is 0.186 e. The van der Waals surface area contributed by atoms with Gasteiger partial charge in [0, 0.05) is 12.8 Å². The molecule has 1 saturated carbocycles. The number of methoxy groups -OCH3 is 1. The number of carbonyl (C=O) groups is 1. The second-order valence-corrected chi connectivity index (χ2v) is 13.4. The van der Waals surface area contributed by atoms with Crippen molar-refractivity contribution in [1.82, 2.24) is 0 Å². The quantitative estimate of drug-likeness (QED) is 0.105. The van der Waals surface area contributed by atoms with E-state index in [2.05, 4.69) is 0 Å². The Bertz CT molecular complexity index is 1360. The lowest BCUT2D eigenvalue weighted by Crippen LogP contribution is -2.61. The first-order valence-corrected chi connectivity index (χ1v) is 16.2. The summed E-state index contributed by atoms with van der Waals surface area (Å²) in [4.78, 5) is 13.4. The topological polar surface area (TPSA) is 273 Å². The Morgan fingerprint density at radius 3 is 2.16 bits per heavy atom. The number of hydrogen-bond acceptors (Lipinski definition) is 18. The third-order valence-electron chi connectivity index (χ3n) is 9.95. The monoisotopic (exact) mass is 716 g/mol. The summed E-state index contributed by atoms with van der Waals surface area (Å²) in [5.41, 5.74) is -3.10. The maximum absolute atomic E-state index is 13.4. The van der Waals surface area contributed by atoms with Crippen molar-refractivity contribution in [1.29, 1.82) is 0 Å². The minimum absolute atomic E-state index is 0.0243. The van der Waals surface area contributed by atoms with Crippen molar-refractivity contribution in [3.05, 3.63) is 36.1 Å². The highest BCUT2D eigenvalue weighted by molar-refractivity contribution is 6.22. The van der Waals surface area contributed by atoms with Gasteiger partial charge in [-0.1, -0.05) is 12.1 Å². The fourth-order valence-electron chi connectivity index (χ4n) is 6.76. The Morgan fingerprint density at radius 2 is 1.50 bits per heavy atom. The fraction of sp³-hybridized carbons (Fsp3) is 0.719. The number of aliphatic hydroxyl groups is 9. The van der Waals surface area contributed by atoms with Crippen LogP contribution in [0.4, 0.5) is 0 Å². The van der Waals surface area contributed by atoms with E-state index < -0.39 is 124 Å². The van der Waals surface area contributed by atoms with E-state index in [0.29, 0.717) is 16.9 Å². The van der Waals surface area contributed by atoms with Crippen LogP contribution in [0.15, 0.2) is 30.5 Å². The van der Waals surface area contributed by atoms with Crippen molar-refractivity contribution in [3.63, 3.8) is 0 Å². The van der Waals surface area contributed by atoms with Crippen LogP contribution < -0.4 is 4.74 Å². The SMILES string of the molecule is COc1ccc(C2=COC3CC(O[C@@H]4O[C@H](CO[C@@H]5OC[C@](O)(CO[C@@H]6OC[C@](O)(CO)[C@H]6O)[C@H]5O)[C@@H](O)[C@H](O)[C@H]4O)CC(O)C3C2=O)cc1. The van der Waals surface area contributed by atoms with Gasteiger partial charge >= 0.3 is 0 Å². The molecule has 4 heterocycles. The maximum Gasteiger partial charge on any atom is 0.186 e. The first-order valence-electron chi connectivity index (χ1n) is 16.2. The molecule has 18 nitrogen and oxygen atoms in total. The Balaban J connectivity index is 1.02. The number of carbonyl (C=O) groups excluding carboxylic acids is 1. The standard InChI is InChI=1S/C32H44O18/c1-43-15-4-2-14(3-5-15)17-8-44-19-7-16(6-18(34)21(19)22(17)35)49-28-25(38)24(37)23(36)20(50-28)9-45-29-27(40)32(42,12-47-29)13-48-30-26(39)31(41,10-33)11-46-30/h2-5,8,16,18-21,23-30,33-34,36-42H,6-7,9-13H2,1H3/t16?,18?,19?,20-,21?,23-,24+,25-,26+,27+,28-,29-,30+,31-,32+/m1/s1. The van der Waals surface area contributed by atoms with E-state index in [0.717, 1.165) is 0 Å². The molecule has 1 aromatic carbocycles. The highest BCUT2D eigenvalue weighted by Crippen LogP contribution is 2.39. The summed E-state index contributed by atoms with van der Waals surface area (Å²) in [7, 11) is 1.53. The lowest BCUT2D eigenvalue weighted by molar-refractivity contribution is -0.323. The summed E-state index contributed by atoms with van der Waals surface area (Å²) >= 11 is 0. The van der Waals surface area contributed by atoms with E-state index in [1.807, 2.05) is 0 Å². The average molecular weight is 717 g/mol. The van der Waals surface area contributed by atoms with Gasteiger partial charge in [-0.2, -0.15) is 0 Å². The number of ether oxygens (including phenoxy) is 8. The Kier molecular flexibility index (Phi) is 11.2. The molecule has 3 saturated heterocycles. The van der Waals surface area contributed by atoms with Gasteiger partial charge in [0.25, 0.3) is 0 Å². The Hall–Kier alpha value is -2.37. The number of benzene rings is 1. The summed E-state index contributed by atoms with van der Waals surface area (Å²) < 4.78 is 44.1. The average Bonchev–Trinajstić information content (AvgIpc) is 3.56. The Labute approximate surface area is 285 Å². The molecule has 50 heavy (non-hydrogen) atoms. The molecule has 15 atom stereocenters. The van der Waals surface area contributed by atoms with E-state index in [1.54, 1.807) is 24.3 Å². The number of rotatable bonds is 11. The number of aliphatic hydroxyl groups excluding tert-OH is 7. The van der Waals surface area contributed by atoms with Gasteiger partial charge in [-0.25, -0.2) is 0 Å². The molecule has 9 N–H and O–H groups in total. The van der Waals surface area contributed by atoms with Gasteiger partial charge in [0.1, 0.15) is 59.7 Å². The van der Waals surface area contributed by atoms with Crippen LogP contribution in [0.1, 0.15) is 18.4 Å². The number of Topliss-reactive ketones (excluding diaryl/α,β-unsaturated/α-hetero) is 1. The van der Waals surface area contributed by atoms with Gasteiger partial charge in [0.15, 0.2) is 24.7 Å². The van der Waals surface area contributed by atoms with Crippen LogP contribution in [-0.4, -0.2) is 177 Å². The van der Waals surface area contributed by atoms with Crippen LogP contribution >= 0.6 is 0 Å². The van der Waals surface area contributed by atoms with Gasteiger partial charge in [-0.05, 0) is 17.7 Å². The summed E-state index contributed by atoms with van der Waals surface area (Å²) in [6.07, 6.45) is -15.4. The molecule has 18 heteroatoms. The number of allylic oxidation sites excluding steroid dienone is 1. The second kappa shape index (κ2) is 14.9. The number of hydrogen-bond donors (Lipinski definition) is 9. The molecule has 4 unspecified atom stereocenters. The first kappa shape index (κ1) is 37.4. The number of fused-ring (bicyclic) bond motifs is 1. The molecule has 4 fully saturated rings. The fourth-order valence-corrected chi connectivity index (χ4v) is 6.76. The minimum atomic E-state index is -2.05. The molecular weight excluding hydrogens is 672 g/mol. The normalized spacial score (nSPS) is 44.8. The van der Waals surface area contributed by atoms with Crippen molar-refractivity contribution in [2.75, 3.05) is 40.1 Å². The van der Waals surface area contributed by atoms with Crippen LogP contribution in [0.2, 0.25) is 0 Å². The van der Waals surface area contributed by atoms with Crippen molar-refractivity contribution in [2.24, 2.45) is 5.92 Å². The predicted octanol–water partition coefficient (Wildman–Crippen LogP) is -4.11. The third kappa shape index (κ3) is 7.16. The second-order valence-electron chi connectivity index (χ2n) is 13.4. The van der Waals surface area contributed by atoms with Crippen LogP contribution in [0, 0.1) is 5.92 Å². The highest BCUT2D eigenvalue weighted by atomic mass is 16.7. The largest absolute Gasteiger partial charge is 0.497 e. The molecule has 0 radical (unpaired) electrons. The third-order valence-corrected chi connectivity index (χ3v) is 9.95. The van der Waals surface area contributed by atoms with Gasteiger partial charge in [0.2, 0.25) is 0 Å². The summed E-state index contributed by atoms with van der Waals surface area (Å²) in [6.45, 7) is -2.83. The van der Waals surface area contributed by atoms with Crippen LogP contribution in [-0.2, 0) is 38.0 Å². The number of ketones is 1. The molecule has 5 aliphatic rings.